The maximum Gasteiger partial charge on any atom is 0.189 e. The minimum Gasteiger partial charge on any atom is -0.507 e. The zero-order valence-corrected chi connectivity index (χ0v) is 20.8. The third-order valence-electron chi connectivity index (χ3n) is 5.66. The van der Waals surface area contributed by atoms with Gasteiger partial charge < -0.3 is 14.9 Å². The normalized spacial score (nSPS) is 12.2. The van der Waals surface area contributed by atoms with Crippen LogP contribution in [0.3, 0.4) is 0 Å². The number of rotatable bonds is 6. The summed E-state index contributed by atoms with van der Waals surface area (Å²) < 4.78 is 5.73. The summed E-state index contributed by atoms with van der Waals surface area (Å²) in [5.74, 6) is 0.351. The maximum atomic E-state index is 12.8. The summed E-state index contributed by atoms with van der Waals surface area (Å²) in [6.07, 6.45) is 3.18. The quantitative estimate of drug-likeness (QED) is 0.304. The molecule has 0 spiro atoms. The summed E-state index contributed by atoms with van der Waals surface area (Å²) in [5, 5.41) is 21.3. The third kappa shape index (κ3) is 6.07. The van der Waals surface area contributed by atoms with Gasteiger partial charge in [-0.2, -0.15) is 0 Å². The Bertz CT molecular complexity index is 1160. The van der Waals surface area contributed by atoms with Crippen LogP contribution in [0.4, 0.5) is 0 Å². The van der Waals surface area contributed by atoms with Gasteiger partial charge in [-0.3, -0.25) is 4.79 Å². The van der Waals surface area contributed by atoms with E-state index >= 15 is 0 Å². The SMILES string of the molecule is CC(C)(C)c1cc(/C=C/C(=O)c2ccc(OCc3ccccc3)cc2O)cc(C(C)(C)C)c1O. The highest BCUT2D eigenvalue weighted by molar-refractivity contribution is 6.08. The van der Waals surface area contributed by atoms with Crippen molar-refractivity contribution in [2.75, 3.05) is 0 Å². The first-order valence-corrected chi connectivity index (χ1v) is 11.5. The molecule has 0 aliphatic carbocycles. The molecule has 0 unspecified atom stereocenters. The predicted octanol–water partition coefficient (Wildman–Crippen LogP) is 7.17. The van der Waals surface area contributed by atoms with Gasteiger partial charge in [0, 0.05) is 17.2 Å². The van der Waals surface area contributed by atoms with Crippen LogP contribution in [0.1, 0.15) is 74.2 Å². The van der Waals surface area contributed by atoms with E-state index in [-0.39, 0.29) is 27.9 Å². The number of carbonyl (C=O) groups is 1. The predicted molar refractivity (Wildman–Crippen MR) is 138 cm³/mol. The van der Waals surface area contributed by atoms with E-state index in [0.717, 1.165) is 22.3 Å². The van der Waals surface area contributed by atoms with Gasteiger partial charge in [0.2, 0.25) is 0 Å². The largest absolute Gasteiger partial charge is 0.507 e. The highest BCUT2D eigenvalue weighted by atomic mass is 16.5. The summed E-state index contributed by atoms with van der Waals surface area (Å²) >= 11 is 0. The van der Waals surface area contributed by atoms with Crippen molar-refractivity contribution in [3.8, 4) is 17.2 Å². The Kier molecular flexibility index (Phi) is 7.21. The van der Waals surface area contributed by atoms with Crippen LogP contribution >= 0.6 is 0 Å². The summed E-state index contributed by atoms with van der Waals surface area (Å²) in [7, 11) is 0. The molecule has 0 saturated heterocycles. The van der Waals surface area contributed by atoms with Gasteiger partial charge in [-0.25, -0.2) is 0 Å². The molecule has 0 atom stereocenters. The van der Waals surface area contributed by atoms with E-state index in [9.17, 15) is 15.0 Å². The van der Waals surface area contributed by atoms with Crippen LogP contribution in [-0.4, -0.2) is 16.0 Å². The number of hydrogen-bond donors (Lipinski definition) is 2. The van der Waals surface area contributed by atoms with E-state index < -0.39 is 0 Å². The number of phenols is 2. The molecule has 0 aliphatic heterocycles. The molecule has 4 heteroatoms. The number of phenolic OH excluding ortho intramolecular Hbond substituents is 2. The van der Waals surface area contributed by atoms with Crippen molar-refractivity contribution >= 4 is 11.9 Å². The van der Waals surface area contributed by atoms with E-state index in [2.05, 4.69) is 0 Å². The van der Waals surface area contributed by atoms with Crippen LogP contribution in [-0.2, 0) is 17.4 Å². The second-order valence-corrected chi connectivity index (χ2v) is 10.6. The summed E-state index contributed by atoms with van der Waals surface area (Å²) in [4.78, 5) is 12.8. The number of ketones is 1. The van der Waals surface area contributed by atoms with E-state index in [4.69, 9.17) is 4.74 Å². The highest BCUT2D eigenvalue weighted by Crippen LogP contribution is 2.40. The molecule has 34 heavy (non-hydrogen) atoms. The molecule has 0 radical (unpaired) electrons. The minimum absolute atomic E-state index is 0.128. The Morgan fingerprint density at radius 3 is 1.97 bits per heavy atom. The number of ether oxygens (including phenoxy) is 1. The standard InChI is InChI=1S/C30H34O4/c1-29(2,3)24-16-21(17-25(28(24)33)30(4,5)6)12-15-26(31)23-14-13-22(18-27(23)32)34-19-20-10-8-7-9-11-20/h7-18,32-33H,19H2,1-6H3/b15-12+. The van der Waals surface area contributed by atoms with Crippen molar-refractivity contribution in [2.45, 2.75) is 59.0 Å². The summed E-state index contributed by atoms with van der Waals surface area (Å²) in [5.41, 5.74) is 3.18. The Morgan fingerprint density at radius 2 is 1.44 bits per heavy atom. The summed E-state index contributed by atoms with van der Waals surface area (Å²) in [6.45, 7) is 12.7. The molecule has 0 aliphatic rings. The van der Waals surface area contributed by atoms with Crippen molar-refractivity contribution in [1.82, 2.24) is 0 Å². The van der Waals surface area contributed by atoms with Gasteiger partial charge in [0.05, 0.1) is 5.56 Å². The number of benzene rings is 3. The second kappa shape index (κ2) is 9.76. The van der Waals surface area contributed by atoms with Gasteiger partial charge in [0.25, 0.3) is 0 Å². The fourth-order valence-electron chi connectivity index (χ4n) is 3.71. The molecule has 3 rings (SSSR count). The Labute approximate surface area is 202 Å². The molecule has 2 N–H and O–H groups in total. The Morgan fingerprint density at radius 1 is 0.853 bits per heavy atom. The van der Waals surface area contributed by atoms with Crippen LogP contribution in [0.15, 0.2) is 66.7 Å². The topological polar surface area (TPSA) is 66.8 Å². The fraction of sp³-hybridized carbons (Fsp3) is 0.300. The number of carbonyl (C=O) groups excluding carboxylic acids is 1. The van der Waals surface area contributed by atoms with Crippen molar-refractivity contribution in [3.63, 3.8) is 0 Å². The molecule has 0 heterocycles. The lowest BCUT2D eigenvalue weighted by atomic mass is 9.78. The van der Waals surface area contributed by atoms with Gasteiger partial charge >= 0.3 is 0 Å². The first kappa shape index (κ1) is 25.1. The average molecular weight is 459 g/mol. The van der Waals surface area contributed by atoms with E-state index in [1.54, 1.807) is 18.2 Å². The lowest BCUT2D eigenvalue weighted by Gasteiger charge is -2.27. The van der Waals surface area contributed by atoms with E-state index in [0.29, 0.717) is 18.1 Å². The Hall–Kier alpha value is -3.53. The second-order valence-electron chi connectivity index (χ2n) is 10.6. The van der Waals surface area contributed by atoms with Gasteiger partial charge in [0.15, 0.2) is 5.78 Å². The minimum atomic E-state index is -0.310. The molecule has 4 nitrogen and oxygen atoms in total. The van der Waals surface area contributed by atoms with Crippen LogP contribution < -0.4 is 4.74 Å². The van der Waals surface area contributed by atoms with Crippen molar-refractivity contribution in [2.24, 2.45) is 0 Å². The van der Waals surface area contributed by atoms with E-state index in [1.807, 2.05) is 84.0 Å². The van der Waals surface area contributed by atoms with Gasteiger partial charge in [-0.15, -0.1) is 0 Å². The van der Waals surface area contributed by atoms with Gasteiger partial charge in [0.1, 0.15) is 23.9 Å². The molecule has 178 valence electrons. The van der Waals surface area contributed by atoms with Crippen molar-refractivity contribution in [1.29, 1.82) is 0 Å². The molecule has 3 aromatic rings. The van der Waals surface area contributed by atoms with Gasteiger partial charge in [-0.05, 0) is 52.3 Å². The Balaban J connectivity index is 1.82. The lowest BCUT2D eigenvalue weighted by Crippen LogP contribution is -2.17. The smallest absolute Gasteiger partial charge is 0.189 e. The fourth-order valence-corrected chi connectivity index (χ4v) is 3.71. The van der Waals surface area contributed by atoms with Crippen LogP contribution in [0, 0.1) is 0 Å². The number of hydrogen-bond acceptors (Lipinski definition) is 4. The zero-order chi connectivity index (χ0) is 25.1. The van der Waals surface area contributed by atoms with Crippen LogP contribution in [0.25, 0.3) is 6.08 Å². The first-order chi connectivity index (χ1) is 15.9. The molecule has 0 bridgehead atoms. The molecule has 0 fully saturated rings. The molecule has 0 amide bonds. The highest BCUT2D eigenvalue weighted by Gasteiger charge is 2.26. The number of aromatic hydroxyl groups is 2. The first-order valence-electron chi connectivity index (χ1n) is 11.5. The molecule has 3 aromatic carbocycles. The molecule has 0 aromatic heterocycles. The van der Waals surface area contributed by atoms with E-state index in [1.165, 1.54) is 12.1 Å². The van der Waals surface area contributed by atoms with Crippen molar-refractivity contribution < 1.29 is 19.7 Å². The zero-order valence-electron chi connectivity index (χ0n) is 20.8. The van der Waals surface area contributed by atoms with Crippen molar-refractivity contribution in [3.05, 3.63) is 94.6 Å². The average Bonchev–Trinajstić information content (AvgIpc) is 2.76. The van der Waals surface area contributed by atoms with Crippen LogP contribution in [0.2, 0.25) is 0 Å². The molecular formula is C30H34O4. The number of allylic oxidation sites excluding steroid dienone is 1. The molecular weight excluding hydrogens is 424 g/mol. The monoisotopic (exact) mass is 458 g/mol. The third-order valence-corrected chi connectivity index (χ3v) is 5.66. The summed E-state index contributed by atoms with van der Waals surface area (Å²) in [6, 6.07) is 18.3. The molecule has 0 saturated carbocycles. The van der Waals surface area contributed by atoms with Gasteiger partial charge in [-0.1, -0.05) is 78.0 Å². The lowest BCUT2D eigenvalue weighted by molar-refractivity contribution is 0.104. The van der Waals surface area contributed by atoms with Crippen LogP contribution in [0.5, 0.6) is 17.2 Å². The maximum absolute atomic E-state index is 12.8.